The molecular weight excluding hydrogens is 653 g/mol. The summed E-state index contributed by atoms with van der Waals surface area (Å²) in [5, 5.41) is 18.0. The molecule has 0 fully saturated rings. The van der Waals surface area contributed by atoms with Crippen LogP contribution in [0.5, 0.6) is 11.5 Å². The predicted octanol–water partition coefficient (Wildman–Crippen LogP) is 2.63. The van der Waals surface area contributed by atoms with Gasteiger partial charge in [0.25, 0.3) is 10.0 Å². The average molecular weight is 674 g/mol. The fraction of sp³-hybridized carbons (Fsp3) is 0.200. The molecule has 2 heterocycles. The Morgan fingerprint density at radius 1 is 1.05 bits per heavy atom. The number of aromatic carboxylic acids is 1. The summed E-state index contributed by atoms with van der Waals surface area (Å²) < 4.78 is 89.7. The molecule has 0 aliphatic carbocycles. The Morgan fingerprint density at radius 2 is 1.73 bits per heavy atom. The second kappa shape index (κ2) is 15.3. The summed E-state index contributed by atoms with van der Waals surface area (Å²) in [5.41, 5.74) is -0.271. The van der Waals surface area contributed by atoms with E-state index in [1.165, 1.54) is 31.2 Å². The van der Waals surface area contributed by atoms with E-state index in [1.807, 2.05) is 0 Å². The molecule has 19 heteroatoms. The van der Waals surface area contributed by atoms with E-state index < -0.39 is 79.6 Å². The van der Waals surface area contributed by atoms with Gasteiger partial charge in [0.05, 0.1) is 21.6 Å². The number of alkyl halides is 3. The fourth-order valence-corrected chi connectivity index (χ4v) is 6.85. The molecule has 2 aromatic heterocycles. The maximum atomic E-state index is 13.9. The van der Waals surface area contributed by atoms with Crippen LogP contribution in [0.15, 0.2) is 64.8 Å². The molecule has 4 aromatic rings. The van der Waals surface area contributed by atoms with Gasteiger partial charge in [-0.15, -0.1) is 0 Å². The maximum absolute atomic E-state index is 13.9. The minimum Gasteiger partial charge on any atom is -0.609 e. The van der Waals surface area contributed by atoms with Crippen LogP contribution in [0.1, 0.15) is 21.6 Å². The minimum atomic E-state index is -4.68. The van der Waals surface area contributed by atoms with E-state index in [9.17, 15) is 40.8 Å². The average Bonchev–Trinajstić information content (AvgIpc) is 3.32. The Morgan fingerprint density at radius 3 is 2.36 bits per heavy atom. The van der Waals surface area contributed by atoms with Gasteiger partial charge in [0.2, 0.25) is 0 Å². The van der Waals surface area contributed by atoms with Crippen molar-refractivity contribution in [3.05, 3.63) is 71.5 Å². The number of halogens is 3. The Balaban J connectivity index is 0.00000337. The summed E-state index contributed by atoms with van der Waals surface area (Å²) in [7, 11) is -4.68. The van der Waals surface area contributed by atoms with Crippen LogP contribution in [0.4, 0.5) is 13.2 Å². The van der Waals surface area contributed by atoms with Crippen molar-refractivity contribution in [2.75, 3.05) is 13.2 Å². The molecule has 12 nitrogen and oxygen atoms in total. The van der Waals surface area contributed by atoms with Crippen molar-refractivity contribution >= 4 is 103 Å². The van der Waals surface area contributed by atoms with Gasteiger partial charge in [0, 0.05) is 82.1 Å². The molecule has 0 bridgehead atoms. The number of carbonyl (C=O) groups is 2. The third-order valence-electron chi connectivity index (χ3n) is 5.68. The van der Waals surface area contributed by atoms with Gasteiger partial charge < -0.3 is 24.2 Å². The molecule has 0 saturated carbocycles. The van der Waals surface area contributed by atoms with E-state index in [2.05, 4.69) is 9.97 Å². The number of imidazole rings is 1. The first kappa shape index (κ1) is 37.8. The first-order valence-corrected chi connectivity index (χ1v) is 14.4. The number of hydrogen-bond donors (Lipinski definition) is 2. The molecular formula is C25H20F3N3Na2O9S2. The molecule has 224 valence electrons. The summed E-state index contributed by atoms with van der Waals surface area (Å²) in [6.45, 7) is -1.03. The molecule has 1 atom stereocenters. The van der Waals surface area contributed by atoms with E-state index in [1.54, 1.807) is 6.07 Å². The van der Waals surface area contributed by atoms with Gasteiger partial charge in [0.1, 0.15) is 17.1 Å². The van der Waals surface area contributed by atoms with E-state index in [4.69, 9.17) is 14.6 Å². The maximum Gasteiger partial charge on any atom is 0.422 e. The van der Waals surface area contributed by atoms with Crippen molar-refractivity contribution in [1.82, 2.24) is 13.9 Å². The quantitative estimate of drug-likeness (QED) is 0.177. The zero-order valence-electron chi connectivity index (χ0n) is 23.4. The van der Waals surface area contributed by atoms with Gasteiger partial charge in [0.15, 0.2) is 19.0 Å². The normalized spacial score (nSPS) is 12.1. The number of fused-ring (bicyclic) bond motifs is 1. The number of nitrogens with zero attached hydrogens (tertiary/aromatic N) is 3. The minimum absolute atomic E-state index is 0. The van der Waals surface area contributed by atoms with Crippen molar-refractivity contribution in [1.29, 1.82) is 0 Å². The number of aromatic nitrogens is 3. The molecule has 0 saturated heterocycles. The third-order valence-corrected chi connectivity index (χ3v) is 8.72. The molecule has 44 heavy (non-hydrogen) atoms. The summed E-state index contributed by atoms with van der Waals surface area (Å²) >= 11 is -2.24. The number of carboxylic acids is 2. The molecule has 2 aromatic carbocycles. The molecule has 2 radical (unpaired) electrons. The topological polar surface area (TPSA) is 181 Å². The van der Waals surface area contributed by atoms with Crippen molar-refractivity contribution in [2.45, 2.75) is 28.9 Å². The second-order valence-corrected chi connectivity index (χ2v) is 11.7. The monoisotopic (exact) mass is 673 g/mol. The van der Waals surface area contributed by atoms with E-state index in [0.717, 1.165) is 24.4 Å². The Labute approximate surface area is 295 Å². The number of hydrogen-bond acceptors (Lipinski definition) is 9. The largest absolute Gasteiger partial charge is 0.609 e. The van der Waals surface area contributed by atoms with Crippen molar-refractivity contribution in [2.24, 2.45) is 0 Å². The van der Waals surface area contributed by atoms with Crippen LogP contribution in [-0.2, 0) is 31.7 Å². The van der Waals surface area contributed by atoms with Crippen LogP contribution in [0.3, 0.4) is 0 Å². The van der Waals surface area contributed by atoms with Gasteiger partial charge in [-0.3, -0.25) is 4.98 Å². The number of rotatable bonds is 11. The number of pyridine rings is 1. The van der Waals surface area contributed by atoms with Crippen molar-refractivity contribution in [3.8, 4) is 11.5 Å². The molecule has 0 amide bonds. The van der Waals surface area contributed by atoms with Crippen molar-refractivity contribution < 1.29 is 55.4 Å². The third kappa shape index (κ3) is 8.67. The summed E-state index contributed by atoms with van der Waals surface area (Å²) in [6, 6.07) is 9.86. The number of benzene rings is 2. The second-order valence-electron chi connectivity index (χ2n) is 8.57. The number of carboxylic acid groups (broad SMARTS) is 2. The fourth-order valence-electron chi connectivity index (χ4n) is 3.77. The van der Waals surface area contributed by atoms with E-state index >= 15 is 0 Å². The molecule has 0 aliphatic rings. The van der Waals surface area contributed by atoms with Crippen LogP contribution in [-0.4, -0.2) is 128 Å². The van der Waals surface area contributed by atoms with Crippen LogP contribution in [0, 0.1) is 6.92 Å². The van der Waals surface area contributed by atoms with Crippen LogP contribution >= 0.6 is 0 Å². The zero-order valence-corrected chi connectivity index (χ0v) is 29.0. The van der Waals surface area contributed by atoms with Crippen LogP contribution in [0.2, 0.25) is 0 Å². The molecule has 2 N–H and O–H groups in total. The first-order chi connectivity index (χ1) is 19.7. The standard InChI is InChI=1S/C25H20F3N3O9S2.2Na/c1-14-18(29-9-8-20(14)40-13-25(26,27)28)12-41(36)24-30-17-4-2-3-5-19(17)31(24)42(37,38)15-6-7-21(39-11-22(32)33)16(10-15)23(34)35;;/h2-10H,11-13H2,1H3,(H,32,33)(H,34,35);;. The van der Waals surface area contributed by atoms with Crippen LogP contribution < -0.4 is 9.47 Å². The van der Waals surface area contributed by atoms with E-state index in [-0.39, 0.29) is 87.2 Å². The number of para-hydroxylation sites is 2. The number of aliphatic carboxylic acids is 1. The smallest absolute Gasteiger partial charge is 0.422 e. The van der Waals surface area contributed by atoms with E-state index in [0.29, 0.717) is 3.97 Å². The van der Waals surface area contributed by atoms with Gasteiger partial charge in [-0.05, 0) is 43.3 Å². The Kier molecular flexibility index (Phi) is 13.1. The first-order valence-electron chi connectivity index (χ1n) is 11.7. The summed E-state index contributed by atoms with van der Waals surface area (Å²) in [6.07, 6.45) is -3.44. The van der Waals surface area contributed by atoms with Crippen LogP contribution in [0.25, 0.3) is 11.0 Å². The Hall–Kier alpha value is -2.35. The van der Waals surface area contributed by atoms with Gasteiger partial charge in [-0.25, -0.2) is 18.0 Å². The van der Waals surface area contributed by atoms with Crippen molar-refractivity contribution in [3.63, 3.8) is 0 Å². The zero-order chi connectivity index (χ0) is 30.8. The van der Waals surface area contributed by atoms with Gasteiger partial charge in [-0.2, -0.15) is 22.1 Å². The predicted molar refractivity (Wildman–Crippen MR) is 151 cm³/mol. The molecule has 1 unspecified atom stereocenters. The SMILES string of the molecule is Cc1c(OCC(F)(F)F)ccnc1C[S+]([O-])c1nc2ccccc2n1S(=O)(=O)c1ccc(OCC(=O)O)c(C(=O)O)c1.[Na].[Na]. The number of ether oxygens (including phenoxy) is 2. The summed E-state index contributed by atoms with van der Waals surface area (Å²) in [5.74, 6) is -3.97. The van der Waals surface area contributed by atoms with Gasteiger partial charge in [-0.1, -0.05) is 12.1 Å². The summed E-state index contributed by atoms with van der Waals surface area (Å²) in [4.78, 5) is 30.4. The molecule has 4 rings (SSSR count). The molecule has 0 spiro atoms. The van der Waals surface area contributed by atoms with Gasteiger partial charge >= 0.3 is 23.3 Å². The Bertz CT molecular complexity index is 1790. The molecule has 0 aliphatic heterocycles.